The van der Waals surface area contributed by atoms with Crippen molar-refractivity contribution in [2.45, 2.75) is 45.6 Å². The lowest BCUT2D eigenvalue weighted by atomic mass is 9.70. The first-order valence-electron chi connectivity index (χ1n) is 7.50. The molecule has 1 aliphatic rings. The molecule has 108 valence electrons. The Morgan fingerprint density at radius 2 is 2.16 bits per heavy atom. The third kappa shape index (κ3) is 3.59. The van der Waals surface area contributed by atoms with Gasteiger partial charge in [-0.25, -0.2) is 0 Å². The summed E-state index contributed by atoms with van der Waals surface area (Å²) in [6, 6.07) is 4.89. The molecule has 0 radical (unpaired) electrons. The molecule has 1 fully saturated rings. The summed E-state index contributed by atoms with van der Waals surface area (Å²) < 4.78 is 0. The van der Waals surface area contributed by atoms with Gasteiger partial charge in [0.15, 0.2) is 0 Å². The van der Waals surface area contributed by atoms with Crippen LogP contribution in [0.2, 0.25) is 0 Å². The van der Waals surface area contributed by atoms with Gasteiger partial charge in [-0.15, -0.1) is 11.3 Å². The predicted molar refractivity (Wildman–Crippen MR) is 84.5 cm³/mol. The van der Waals surface area contributed by atoms with Crippen LogP contribution in [0.25, 0.3) is 0 Å². The number of hydrogen-bond acceptors (Lipinski definition) is 3. The zero-order valence-electron chi connectivity index (χ0n) is 12.6. The molecule has 19 heavy (non-hydrogen) atoms. The zero-order valence-corrected chi connectivity index (χ0v) is 13.4. The maximum Gasteiger partial charge on any atom is 0.0410 e. The predicted octanol–water partition coefficient (Wildman–Crippen LogP) is 3.90. The van der Waals surface area contributed by atoms with Crippen molar-refractivity contribution >= 4 is 11.3 Å². The lowest BCUT2D eigenvalue weighted by Crippen LogP contribution is -2.44. The highest BCUT2D eigenvalue weighted by atomic mass is 32.1. The van der Waals surface area contributed by atoms with E-state index in [9.17, 15) is 0 Å². The summed E-state index contributed by atoms with van der Waals surface area (Å²) in [5.74, 6) is 0.889. The van der Waals surface area contributed by atoms with Gasteiger partial charge in [0.1, 0.15) is 0 Å². The van der Waals surface area contributed by atoms with E-state index in [1.807, 2.05) is 11.3 Å². The molecule has 0 aliphatic heterocycles. The van der Waals surface area contributed by atoms with Gasteiger partial charge in [-0.1, -0.05) is 25.8 Å². The highest BCUT2D eigenvalue weighted by Crippen LogP contribution is 2.40. The molecule has 1 aliphatic carbocycles. The smallest absolute Gasteiger partial charge is 0.0410 e. The van der Waals surface area contributed by atoms with Crippen LogP contribution in [0.15, 0.2) is 17.5 Å². The van der Waals surface area contributed by atoms with Gasteiger partial charge in [0, 0.05) is 17.5 Å². The Labute approximate surface area is 122 Å². The first-order chi connectivity index (χ1) is 9.06. The van der Waals surface area contributed by atoms with Crippen LogP contribution < -0.4 is 5.73 Å². The number of nitrogens with zero attached hydrogens (tertiary/aromatic N) is 1. The third-order valence-corrected chi connectivity index (χ3v) is 6.01. The summed E-state index contributed by atoms with van der Waals surface area (Å²) in [5, 5.41) is 2.17. The Balaban J connectivity index is 1.98. The molecule has 3 heteroatoms. The zero-order chi connectivity index (χ0) is 13.9. The number of hydrogen-bond donors (Lipinski definition) is 1. The fourth-order valence-electron chi connectivity index (χ4n) is 3.21. The van der Waals surface area contributed by atoms with Gasteiger partial charge < -0.3 is 5.73 Å². The molecule has 1 atom stereocenters. The first-order valence-corrected chi connectivity index (χ1v) is 8.38. The molecule has 0 spiro atoms. The second-order valence-electron chi connectivity index (χ2n) is 6.49. The van der Waals surface area contributed by atoms with E-state index in [0.29, 0.717) is 11.5 Å². The van der Waals surface area contributed by atoms with Crippen LogP contribution in [0.1, 0.15) is 50.4 Å². The Hall–Kier alpha value is -0.380. The van der Waals surface area contributed by atoms with Gasteiger partial charge in [0.2, 0.25) is 0 Å². The maximum absolute atomic E-state index is 6.13. The van der Waals surface area contributed by atoms with Crippen molar-refractivity contribution in [1.29, 1.82) is 0 Å². The lowest BCUT2D eigenvalue weighted by molar-refractivity contribution is 0.0909. The molecule has 1 unspecified atom stereocenters. The highest BCUT2D eigenvalue weighted by Gasteiger charge is 2.34. The van der Waals surface area contributed by atoms with Gasteiger partial charge >= 0.3 is 0 Å². The minimum Gasteiger partial charge on any atom is -0.330 e. The molecule has 1 heterocycles. The maximum atomic E-state index is 6.13. The van der Waals surface area contributed by atoms with Gasteiger partial charge in [-0.3, -0.25) is 4.90 Å². The normalized spacial score (nSPS) is 29.6. The summed E-state index contributed by atoms with van der Waals surface area (Å²) in [4.78, 5) is 3.95. The molecule has 2 N–H and O–H groups in total. The van der Waals surface area contributed by atoms with Gasteiger partial charge in [0.05, 0.1) is 0 Å². The van der Waals surface area contributed by atoms with Crippen LogP contribution >= 0.6 is 11.3 Å². The van der Waals surface area contributed by atoms with E-state index in [1.54, 1.807) is 0 Å². The van der Waals surface area contributed by atoms with E-state index in [1.165, 1.54) is 30.6 Å². The second-order valence-corrected chi connectivity index (χ2v) is 7.47. The largest absolute Gasteiger partial charge is 0.330 e. The molecule has 0 bridgehead atoms. The summed E-state index contributed by atoms with van der Waals surface area (Å²) in [7, 11) is 2.25. The molecule has 2 rings (SSSR count). The van der Waals surface area contributed by atoms with Gasteiger partial charge in [-0.05, 0) is 56.1 Å². The third-order valence-electron chi connectivity index (χ3n) is 4.97. The van der Waals surface area contributed by atoms with Crippen LogP contribution in [-0.2, 0) is 0 Å². The second kappa shape index (κ2) is 6.38. The lowest BCUT2D eigenvalue weighted by Gasteiger charge is -2.42. The number of rotatable bonds is 5. The molecule has 1 saturated carbocycles. The topological polar surface area (TPSA) is 29.3 Å². The van der Waals surface area contributed by atoms with Crippen LogP contribution in [0.4, 0.5) is 0 Å². The standard InChI is InChI=1S/C16H28N2S/c1-13-6-8-16(11-17,9-7-13)12-18(3)14(2)15-5-4-10-19-15/h4-5,10,13-14H,6-9,11-12,17H2,1-3H3. The molecule has 0 saturated heterocycles. The van der Waals surface area contributed by atoms with Crippen LogP contribution in [0.5, 0.6) is 0 Å². The highest BCUT2D eigenvalue weighted by molar-refractivity contribution is 7.10. The van der Waals surface area contributed by atoms with Crippen LogP contribution in [-0.4, -0.2) is 25.0 Å². The summed E-state index contributed by atoms with van der Waals surface area (Å²) in [6.07, 6.45) is 5.29. The molecule has 2 nitrogen and oxygen atoms in total. The average molecular weight is 280 g/mol. The van der Waals surface area contributed by atoms with Crippen molar-refractivity contribution in [3.8, 4) is 0 Å². The molecule has 1 aromatic heterocycles. The summed E-state index contributed by atoms with van der Waals surface area (Å²) >= 11 is 1.86. The van der Waals surface area contributed by atoms with Crippen molar-refractivity contribution in [2.24, 2.45) is 17.1 Å². The summed E-state index contributed by atoms with van der Waals surface area (Å²) in [5.41, 5.74) is 6.48. The first kappa shape index (κ1) is 15.0. The molecule has 0 amide bonds. The SMILES string of the molecule is CC1CCC(CN)(CN(C)C(C)c2cccs2)CC1. The van der Waals surface area contributed by atoms with E-state index in [2.05, 4.69) is 43.3 Å². The van der Waals surface area contributed by atoms with Gasteiger partial charge in [0.25, 0.3) is 0 Å². The Kier molecular flexibility index (Phi) is 5.04. The van der Waals surface area contributed by atoms with Crippen LogP contribution in [0.3, 0.4) is 0 Å². The van der Waals surface area contributed by atoms with Crippen molar-refractivity contribution in [3.63, 3.8) is 0 Å². The van der Waals surface area contributed by atoms with Crippen molar-refractivity contribution < 1.29 is 0 Å². The fourth-order valence-corrected chi connectivity index (χ4v) is 4.06. The van der Waals surface area contributed by atoms with E-state index >= 15 is 0 Å². The minimum atomic E-state index is 0.354. The average Bonchev–Trinajstić information content (AvgIpc) is 2.95. The monoisotopic (exact) mass is 280 g/mol. The number of nitrogens with two attached hydrogens (primary N) is 1. The van der Waals surface area contributed by atoms with Gasteiger partial charge in [-0.2, -0.15) is 0 Å². The molecular weight excluding hydrogens is 252 g/mol. The van der Waals surface area contributed by atoms with E-state index in [4.69, 9.17) is 5.73 Å². The Morgan fingerprint density at radius 3 is 2.68 bits per heavy atom. The van der Waals surface area contributed by atoms with E-state index < -0.39 is 0 Å². The molecule has 0 aromatic carbocycles. The van der Waals surface area contributed by atoms with Crippen LogP contribution in [0, 0.1) is 11.3 Å². The van der Waals surface area contributed by atoms with Crippen molar-refractivity contribution in [2.75, 3.05) is 20.1 Å². The molecule has 1 aromatic rings. The Bertz CT molecular complexity index is 366. The summed E-state index contributed by atoms with van der Waals surface area (Å²) in [6.45, 7) is 6.65. The minimum absolute atomic E-state index is 0.354. The van der Waals surface area contributed by atoms with E-state index in [0.717, 1.165) is 19.0 Å². The number of thiophene rings is 1. The quantitative estimate of drug-likeness (QED) is 0.886. The molecular formula is C16H28N2S. The van der Waals surface area contributed by atoms with E-state index in [-0.39, 0.29) is 0 Å². The van der Waals surface area contributed by atoms with Crippen molar-refractivity contribution in [1.82, 2.24) is 4.90 Å². The van der Waals surface area contributed by atoms with Crippen molar-refractivity contribution in [3.05, 3.63) is 22.4 Å². The fraction of sp³-hybridized carbons (Fsp3) is 0.750. The Morgan fingerprint density at radius 1 is 1.47 bits per heavy atom.